The molecule has 0 heterocycles. The van der Waals surface area contributed by atoms with Crippen LogP contribution in [-0.2, 0) is 20.9 Å². The Bertz CT molecular complexity index is 1060. The molecule has 4 N–H and O–H groups in total. The number of aromatic hydroxyl groups is 1. The summed E-state index contributed by atoms with van der Waals surface area (Å²) in [6.45, 7) is 3.75. The number of hydrogen-bond acceptors (Lipinski definition) is 7. The average Bonchev–Trinajstić information content (AvgIpc) is 2.80. The molecule has 2 atom stereocenters. The minimum atomic E-state index is -1.47. The summed E-state index contributed by atoms with van der Waals surface area (Å²) >= 11 is 0. The summed E-state index contributed by atoms with van der Waals surface area (Å²) in [6.07, 6.45) is -0.941. The van der Waals surface area contributed by atoms with E-state index in [4.69, 9.17) is 4.74 Å². The first kappa shape index (κ1) is 27.1. The number of nitrogens with zero attached hydrogens (tertiary/aromatic N) is 2. The minimum Gasteiger partial charge on any atom is -0.508 e. The maximum atomic E-state index is 13.3. The number of carbonyl (C=O) groups is 3. The van der Waals surface area contributed by atoms with Gasteiger partial charge in [0.1, 0.15) is 30.0 Å². The van der Waals surface area contributed by atoms with E-state index in [9.17, 15) is 29.9 Å². The Labute approximate surface area is 204 Å². The van der Waals surface area contributed by atoms with Gasteiger partial charge in [0.2, 0.25) is 11.8 Å². The molecular formula is C25H30N4O6. The van der Waals surface area contributed by atoms with Crippen LogP contribution in [0.2, 0.25) is 0 Å². The number of phenolic OH excluding ortho intramolecular Hbond substituents is 1. The van der Waals surface area contributed by atoms with Gasteiger partial charge < -0.3 is 30.5 Å². The lowest BCUT2D eigenvalue weighted by atomic mass is 10.0. The Morgan fingerprint density at radius 1 is 1.11 bits per heavy atom. The maximum Gasteiger partial charge on any atom is 0.408 e. The largest absolute Gasteiger partial charge is 0.508 e. The van der Waals surface area contributed by atoms with Crippen LogP contribution >= 0.6 is 0 Å². The van der Waals surface area contributed by atoms with E-state index in [-0.39, 0.29) is 17.9 Å². The molecule has 0 saturated carbocycles. The third-order valence-corrected chi connectivity index (χ3v) is 4.75. The van der Waals surface area contributed by atoms with Crippen molar-refractivity contribution in [2.24, 2.45) is 0 Å². The van der Waals surface area contributed by atoms with Crippen molar-refractivity contribution in [3.05, 3.63) is 65.7 Å². The van der Waals surface area contributed by atoms with Crippen LogP contribution < -0.4 is 10.6 Å². The molecule has 186 valence electrons. The van der Waals surface area contributed by atoms with Gasteiger partial charge in [0.05, 0.1) is 12.7 Å². The lowest BCUT2D eigenvalue weighted by Crippen LogP contribution is -2.54. The molecule has 2 rings (SSSR count). The summed E-state index contributed by atoms with van der Waals surface area (Å²) in [5, 5.41) is 34.2. The third-order valence-electron chi connectivity index (χ3n) is 4.75. The summed E-state index contributed by atoms with van der Waals surface area (Å²) in [4.78, 5) is 39.8. The lowest BCUT2D eigenvalue weighted by Gasteiger charge is -2.32. The Morgan fingerprint density at radius 3 is 2.37 bits per heavy atom. The summed E-state index contributed by atoms with van der Waals surface area (Å²) in [5.74, 6) is -1.63. The molecule has 0 bridgehead atoms. The quantitative estimate of drug-likeness (QED) is 0.399. The van der Waals surface area contributed by atoms with Crippen molar-refractivity contribution in [3.8, 4) is 11.8 Å². The third kappa shape index (κ3) is 8.32. The molecule has 0 radical (unpaired) electrons. The highest BCUT2D eigenvalue weighted by Crippen LogP contribution is 2.25. The zero-order valence-electron chi connectivity index (χ0n) is 19.9. The van der Waals surface area contributed by atoms with Gasteiger partial charge in [0.15, 0.2) is 0 Å². The van der Waals surface area contributed by atoms with Crippen molar-refractivity contribution in [1.82, 2.24) is 15.5 Å². The molecule has 0 aliphatic rings. The summed E-state index contributed by atoms with van der Waals surface area (Å²) < 4.78 is 5.15. The maximum absolute atomic E-state index is 13.3. The number of carbonyl (C=O) groups excluding carboxylic acids is 3. The number of nitrogens with one attached hydrogen (secondary N) is 2. The Balaban J connectivity index is 2.36. The number of nitriles is 1. The van der Waals surface area contributed by atoms with Crippen LogP contribution in [0.25, 0.3) is 0 Å². The molecule has 2 unspecified atom stereocenters. The number of aliphatic hydroxyl groups excluding tert-OH is 1. The van der Waals surface area contributed by atoms with Crippen LogP contribution in [0.4, 0.5) is 4.79 Å². The number of ether oxygens (including phenoxy) is 1. The summed E-state index contributed by atoms with van der Waals surface area (Å²) in [5.41, 5.74) is 0.211. The van der Waals surface area contributed by atoms with Gasteiger partial charge in [-0.1, -0.05) is 42.5 Å². The number of hydrogen-bond donors (Lipinski definition) is 4. The Kier molecular flexibility index (Phi) is 9.61. The Morgan fingerprint density at radius 2 is 1.80 bits per heavy atom. The molecule has 0 aromatic heterocycles. The van der Waals surface area contributed by atoms with E-state index in [2.05, 4.69) is 10.6 Å². The van der Waals surface area contributed by atoms with Gasteiger partial charge in [-0.15, -0.1) is 0 Å². The van der Waals surface area contributed by atoms with Crippen molar-refractivity contribution < 1.29 is 29.3 Å². The average molecular weight is 483 g/mol. The van der Waals surface area contributed by atoms with Gasteiger partial charge in [-0.2, -0.15) is 5.26 Å². The van der Waals surface area contributed by atoms with E-state index in [1.165, 1.54) is 24.3 Å². The molecule has 10 heteroatoms. The fraction of sp³-hybridized carbons (Fsp3) is 0.360. The highest BCUT2D eigenvalue weighted by molar-refractivity contribution is 5.92. The van der Waals surface area contributed by atoms with E-state index in [0.717, 1.165) is 10.5 Å². The number of amides is 3. The van der Waals surface area contributed by atoms with Gasteiger partial charge in [-0.05, 0) is 44.0 Å². The fourth-order valence-electron chi connectivity index (χ4n) is 3.26. The minimum absolute atomic E-state index is 0.140. The van der Waals surface area contributed by atoms with Gasteiger partial charge in [-0.3, -0.25) is 9.59 Å². The highest BCUT2D eigenvalue weighted by atomic mass is 16.6. The second-order valence-electron chi connectivity index (χ2n) is 8.71. The standard InChI is InChI=1S/C25H30N4O6/c1-25(2,3)35-24(34)28-20(16-30)23(33)29(13-12-26)21(18-10-7-11-19(31)14-18)22(32)27-15-17-8-5-4-6-9-17/h4-11,14,20-21,30-31H,13,15-16H2,1-3H3,(H,27,32)(H,28,34). The second-order valence-corrected chi connectivity index (χ2v) is 8.71. The molecule has 0 aliphatic heterocycles. The van der Waals surface area contributed by atoms with Crippen molar-refractivity contribution in [3.63, 3.8) is 0 Å². The van der Waals surface area contributed by atoms with Gasteiger partial charge in [0.25, 0.3) is 0 Å². The molecule has 3 amide bonds. The van der Waals surface area contributed by atoms with Crippen LogP contribution in [0, 0.1) is 11.3 Å². The van der Waals surface area contributed by atoms with E-state index in [0.29, 0.717) is 0 Å². The molecule has 0 fully saturated rings. The monoisotopic (exact) mass is 482 g/mol. The zero-order chi connectivity index (χ0) is 26.0. The summed E-state index contributed by atoms with van der Waals surface area (Å²) in [6, 6.07) is 13.9. The van der Waals surface area contributed by atoms with E-state index >= 15 is 0 Å². The topological polar surface area (TPSA) is 152 Å². The van der Waals surface area contributed by atoms with E-state index in [1.807, 2.05) is 36.4 Å². The molecule has 0 saturated heterocycles. The normalized spacial score (nSPS) is 12.5. The molecule has 10 nitrogen and oxygen atoms in total. The fourth-order valence-corrected chi connectivity index (χ4v) is 3.26. The van der Waals surface area contributed by atoms with E-state index in [1.54, 1.807) is 20.8 Å². The number of alkyl carbamates (subject to hydrolysis) is 1. The number of phenols is 1. The van der Waals surface area contributed by atoms with Gasteiger partial charge >= 0.3 is 6.09 Å². The number of rotatable bonds is 9. The smallest absolute Gasteiger partial charge is 0.408 e. The molecular weight excluding hydrogens is 452 g/mol. The van der Waals surface area contributed by atoms with Crippen molar-refractivity contribution >= 4 is 17.9 Å². The zero-order valence-corrected chi connectivity index (χ0v) is 19.9. The van der Waals surface area contributed by atoms with Crippen molar-refractivity contribution in [1.29, 1.82) is 5.26 Å². The lowest BCUT2D eigenvalue weighted by molar-refractivity contribution is -0.142. The van der Waals surface area contributed by atoms with Crippen LogP contribution in [-0.4, -0.2) is 57.8 Å². The Hall–Kier alpha value is -4.10. The van der Waals surface area contributed by atoms with Crippen LogP contribution in [0.15, 0.2) is 54.6 Å². The predicted molar refractivity (Wildman–Crippen MR) is 127 cm³/mol. The van der Waals surface area contributed by atoms with Crippen molar-refractivity contribution in [2.45, 2.75) is 45.0 Å². The van der Waals surface area contributed by atoms with Gasteiger partial charge in [-0.25, -0.2) is 4.79 Å². The first-order valence-corrected chi connectivity index (χ1v) is 10.9. The van der Waals surface area contributed by atoms with Crippen LogP contribution in [0.1, 0.15) is 37.9 Å². The predicted octanol–water partition coefficient (Wildman–Crippen LogP) is 1.99. The SMILES string of the molecule is CC(C)(C)OC(=O)NC(CO)C(=O)N(CC#N)C(C(=O)NCc1ccccc1)c1cccc(O)c1. The van der Waals surface area contributed by atoms with E-state index < -0.39 is 48.7 Å². The molecule has 2 aromatic carbocycles. The van der Waals surface area contributed by atoms with Crippen LogP contribution in [0.5, 0.6) is 5.75 Å². The molecule has 0 spiro atoms. The molecule has 0 aliphatic carbocycles. The summed E-state index contributed by atoms with van der Waals surface area (Å²) in [7, 11) is 0. The van der Waals surface area contributed by atoms with Crippen molar-refractivity contribution in [2.75, 3.05) is 13.2 Å². The highest BCUT2D eigenvalue weighted by Gasteiger charge is 2.36. The first-order chi connectivity index (χ1) is 16.6. The van der Waals surface area contributed by atoms with Crippen LogP contribution in [0.3, 0.4) is 0 Å². The number of benzene rings is 2. The molecule has 2 aromatic rings. The number of aliphatic hydroxyl groups is 1. The van der Waals surface area contributed by atoms with Gasteiger partial charge in [0, 0.05) is 6.54 Å². The second kappa shape index (κ2) is 12.4. The molecule has 35 heavy (non-hydrogen) atoms. The first-order valence-electron chi connectivity index (χ1n) is 10.9.